The van der Waals surface area contributed by atoms with E-state index in [4.69, 9.17) is 0 Å². The number of carbonyl (C=O) groups is 1. The molecule has 0 aliphatic heterocycles. The van der Waals surface area contributed by atoms with Crippen LogP contribution in [0.2, 0.25) is 0 Å². The highest BCUT2D eigenvalue weighted by molar-refractivity contribution is 5.84. The Labute approximate surface area is 118 Å². The number of nitro benzene ring substituents is 1. The number of benzene rings is 1. The van der Waals surface area contributed by atoms with E-state index < -0.39 is 23.1 Å². The van der Waals surface area contributed by atoms with Gasteiger partial charge in [-0.05, 0) is 6.07 Å². The van der Waals surface area contributed by atoms with Crippen molar-refractivity contribution < 1.29 is 24.7 Å². The average molecular weight is 295 g/mol. The third-order valence-corrected chi connectivity index (χ3v) is 3.04. The van der Waals surface area contributed by atoms with Crippen LogP contribution in [0.4, 0.5) is 5.69 Å². The number of rotatable bonds is 5. The maximum Gasteiger partial charge on any atom is 0.308 e. The number of H-pyrrole nitrogens is 1. The van der Waals surface area contributed by atoms with Gasteiger partial charge in [0.1, 0.15) is 6.10 Å². The molecule has 0 aliphatic rings. The van der Waals surface area contributed by atoms with E-state index in [1.54, 1.807) is 0 Å². The fourth-order valence-electron chi connectivity index (χ4n) is 1.92. The summed E-state index contributed by atoms with van der Waals surface area (Å²) in [5, 5.41) is 37.3. The number of non-ortho nitro benzene ring substituents is 1. The van der Waals surface area contributed by atoms with Crippen molar-refractivity contribution in [2.45, 2.75) is 18.6 Å². The van der Waals surface area contributed by atoms with E-state index in [0.29, 0.717) is 5.39 Å². The number of nitrogens with one attached hydrogen (secondary N) is 1. The molecule has 9 nitrogen and oxygen atoms in total. The maximum absolute atomic E-state index is 11.1. The van der Waals surface area contributed by atoms with Crippen LogP contribution in [0.15, 0.2) is 18.2 Å². The number of methoxy groups -OCH3 is 1. The van der Waals surface area contributed by atoms with Gasteiger partial charge in [0.25, 0.3) is 5.69 Å². The van der Waals surface area contributed by atoms with E-state index in [-0.39, 0.29) is 23.3 Å². The zero-order valence-electron chi connectivity index (χ0n) is 11.0. The van der Waals surface area contributed by atoms with Gasteiger partial charge in [0.05, 0.1) is 35.8 Å². The van der Waals surface area contributed by atoms with Crippen molar-refractivity contribution in [1.29, 1.82) is 0 Å². The number of hydrogen-bond donors (Lipinski definition) is 3. The number of aromatic nitrogens is 2. The van der Waals surface area contributed by atoms with Crippen LogP contribution < -0.4 is 0 Å². The second kappa shape index (κ2) is 5.85. The van der Waals surface area contributed by atoms with Crippen molar-refractivity contribution in [3.05, 3.63) is 34.0 Å². The summed E-state index contributed by atoms with van der Waals surface area (Å²) in [6.07, 6.45) is -3.16. The van der Waals surface area contributed by atoms with Crippen LogP contribution in [0.25, 0.3) is 10.9 Å². The van der Waals surface area contributed by atoms with E-state index in [0.717, 1.165) is 0 Å². The number of esters is 1. The number of hydrogen-bond acceptors (Lipinski definition) is 7. The molecule has 0 saturated carbocycles. The van der Waals surface area contributed by atoms with E-state index in [2.05, 4.69) is 14.9 Å². The second-order valence-electron chi connectivity index (χ2n) is 4.39. The summed E-state index contributed by atoms with van der Waals surface area (Å²) in [5.74, 6) is -0.666. The van der Waals surface area contributed by atoms with Crippen molar-refractivity contribution >= 4 is 22.6 Å². The lowest BCUT2D eigenvalue weighted by Crippen LogP contribution is -2.23. The lowest BCUT2D eigenvalue weighted by atomic mass is 10.0. The molecule has 1 heterocycles. The number of aromatic amines is 1. The highest BCUT2D eigenvalue weighted by Gasteiger charge is 2.25. The number of fused-ring (bicyclic) bond motifs is 1. The van der Waals surface area contributed by atoms with E-state index in [1.807, 2.05) is 0 Å². The van der Waals surface area contributed by atoms with Gasteiger partial charge in [-0.1, -0.05) is 0 Å². The molecule has 0 radical (unpaired) electrons. The average Bonchev–Trinajstić information content (AvgIpc) is 2.88. The van der Waals surface area contributed by atoms with Crippen LogP contribution in [0.3, 0.4) is 0 Å². The summed E-state index contributed by atoms with van der Waals surface area (Å²) in [6, 6.07) is 3.93. The summed E-state index contributed by atoms with van der Waals surface area (Å²) in [7, 11) is 1.17. The van der Waals surface area contributed by atoms with Gasteiger partial charge in [-0.25, -0.2) is 0 Å². The van der Waals surface area contributed by atoms with E-state index in [9.17, 15) is 25.1 Å². The van der Waals surface area contributed by atoms with Gasteiger partial charge >= 0.3 is 5.97 Å². The molecule has 1 aromatic carbocycles. The van der Waals surface area contributed by atoms with Crippen LogP contribution in [0.1, 0.15) is 18.2 Å². The first-order valence-electron chi connectivity index (χ1n) is 5.99. The maximum atomic E-state index is 11.1. The van der Waals surface area contributed by atoms with Gasteiger partial charge in [-0.3, -0.25) is 20.0 Å². The van der Waals surface area contributed by atoms with Crippen molar-refractivity contribution in [1.82, 2.24) is 10.2 Å². The van der Waals surface area contributed by atoms with Gasteiger partial charge in [0.2, 0.25) is 0 Å². The molecule has 0 saturated heterocycles. The number of aliphatic hydroxyl groups excluding tert-OH is 2. The van der Waals surface area contributed by atoms with Crippen molar-refractivity contribution in [3.63, 3.8) is 0 Å². The number of ether oxygens (including phenoxy) is 1. The van der Waals surface area contributed by atoms with E-state index >= 15 is 0 Å². The molecule has 2 unspecified atom stereocenters. The zero-order chi connectivity index (χ0) is 15.6. The SMILES string of the molecule is COC(=O)CC(O)C(O)c1[nH]nc2cc([N+](=O)[O-])ccc12. The van der Waals surface area contributed by atoms with Gasteiger partial charge in [0, 0.05) is 17.5 Å². The fourth-order valence-corrected chi connectivity index (χ4v) is 1.92. The standard InChI is InChI=1S/C12H13N3O6/c1-21-10(17)5-9(16)12(18)11-7-3-2-6(15(19)20)4-8(7)13-14-11/h2-4,9,12,16,18H,5H2,1H3,(H,13,14). The monoisotopic (exact) mass is 295 g/mol. The molecule has 2 atom stereocenters. The molecule has 2 aromatic rings. The Morgan fingerprint density at radius 3 is 2.86 bits per heavy atom. The quantitative estimate of drug-likeness (QED) is 0.413. The molecule has 0 amide bonds. The number of carbonyl (C=O) groups excluding carboxylic acids is 1. The number of nitro groups is 1. The third kappa shape index (κ3) is 2.98. The predicted octanol–water partition coefficient (Wildman–Crippen LogP) is 0.428. The van der Waals surface area contributed by atoms with E-state index in [1.165, 1.54) is 25.3 Å². The summed E-state index contributed by atoms with van der Waals surface area (Å²) in [4.78, 5) is 21.2. The number of aliphatic hydroxyl groups is 2. The molecule has 112 valence electrons. The van der Waals surface area contributed by atoms with Crippen LogP contribution in [-0.2, 0) is 9.53 Å². The summed E-state index contributed by atoms with van der Waals surface area (Å²) in [5.41, 5.74) is 0.324. The first-order valence-corrected chi connectivity index (χ1v) is 5.99. The summed E-state index contributed by atoms with van der Waals surface area (Å²) in [6.45, 7) is 0. The molecular weight excluding hydrogens is 282 g/mol. The van der Waals surface area contributed by atoms with Gasteiger partial charge in [0.15, 0.2) is 0 Å². The zero-order valence-corrected chi connectivity index (χ0v) is 11.0. The predicted molar refractivity (Wildman–Crippen MR) is 70.3 cm³/mol. The molecule has 0 aliphatic carbocycles. The van der Waals surface area contributed by atoms with Crippen molar-refractivity contribution in [2.24, 2.45) is 0 Å². The molecule has 0 fully saturated rings. The van der Waals surface area contributed by atoms with Crippen LogP contribution in [0, 0.1) is 10.1 Å². The highest BCUT2D eigenvalue weighted by atomic mass is 16.6. The van der Waals surface area contributed by atoms with Gasteiger partial charge < -0.3 is 14.9 Å². The fraction of sp³-hybridized carbons (Fsp3) is 0.333. The lowest BCUT2D eigenvalue weighted by molar-refractivity contribution is -0.384. The topological polar surface area (TPSA) is 139 Å². The minimum atomic E-state index is -1.39. The Bertz CT molecular complexity index is 683. The van der Waals surface area contributed by atoms with Gasteiger partial charge in [-0.2, -0.15) is 5.10 Å². The smallest absolute Gasteiger partial charge is 0.308 e. The van der Waals surface area contributed by atoms with Crippen LogP contribution in [0.5, 0.6) is 0 Å². The van der Waals surface area contributed by atoms with Crippen molar-refractivity contribution in [2.75, 3.05) is 7.11 Å². The Morgan fingerprint density at radius 1 is 1.52 bits per heavy atom. The third-order valence-electron chi connectivity index (χ3n) is 3.04. The molecule has 0 spiro atoms. The summed E-state index contributed by atoms with van der Waals surface area (Å²) >= 11 is 0. The highest BCUT2D eigenvalue weighted by Crippen LogP contribution is 2.27. The molecule has 2 rings (SSSR count). The molecule has 0 bridgehead atoms. The Balaban J connectivity index is 2.29. The van der Waals surface area contributed by atoms with Crippen LogP contribution >= 0.6 is 0 Å². The minimum absolute atomic E-state index is 0.134. The minimum Gasteiger partial charge on any atom is -0.469 e. The Hall–Kier alpha value is -2.52. The largest absolute Gasteiger partial charge is 0.469 e. The molecule has 9 heteroatoms. The Kier molecular flexibility index (Phi) is 4.15. The first-order chi connectivity index (χ1) is 9.93. The molecule has 1 aromatic heterocycles. The first kappa shape index (κ1) is 14.9. The van der Waals surface area contributed by atoms with Crippen LogP contribution in [-0.4, -0.2) is 44.5 Å². The van der Waals surface area contributed by atoms with Gasteiger partial charge in [-0.15, -0.1) is 0 Å². The molecule has 3 N–H and O–H groups in total. The Morgan fingerprint density at radius 2 is 2.24 bits per heavy atom. The summed E-state index contributed by atoms with van der Waals surface area (Å²) < 4.78 is 4.41. The lowest BCUT2D eigenvalue weighted by Gasteiger charge is -2.15. The number of nitrogens with zero attached hydrogens (tertiary/aromatic N) is 2. The molecular formula is C12H13N3O6. The normalized spacial score (nSPS) is 13.9. The van der Waals surface area contributed by atoms with Crippen molar-refractivity contribution in [3.8, 4) is 0 Å². The second-order valence-corrected chi connectivity index (χ2v) is 4.39. The molecule has 21 heavy (non-hydrogen) atoms.